The molecule has 1 unspecified atom stereocenters. The van der Waals surface area contributed by atoms with Crippen molar-refractivity contribution in [3.63, 3.8) is 0 Å². The van der Waals surface area contributed by atoms with E-state index in [-0.39, 0.29) is 29.9 Å². The third-order valence-corrected chi connectivity index (χ3v) is 13.8. The number of aromatic nitrogens is 1. The van der Waals surface area contributed by atoms with Crippen LogP contribution in [0.5, 0.6) is 0 Å². The SMILES string of the molecule is [C-]#[N+]c1ccc2c3c([nH]c2c1)C(C)(C)c1cc(N2CCC(N4CCN(CCCCNc5cccc6c5CN(C5CCC(=O)NC5=O)C6=O)CC4)CC2)c(CC)cc1C3=O. The average molecular weight is 795 g/mol. The molecular formula is C47H54N8O4. The highest BCUT2D eigenvalue weighted by molar-refractivity contribution is 6.20. The van der Waals surface area contributed by atoms with Crippen molar-refractivity contribution in [2.45, 2.75) is 89.8 Å². The van der Waals surface area contributed by atoms with Crippen molar-refractivity contribution in [2.75, 3.05) is 62.6 Å². The maximum atomic E-state index is 14.1. The van der Waals surface area contributed by atoms with Gasteiger partial charge in [0.15, 0.2) is 11.5 Å². The van der Waals surface area contributed by atoms with Crippen LogP contribution < -0.4 is 15.5 Å². The number of fused-ring (bicyclic) bond motifs is 5. The van der Waals surface area contributed by atoms with E-state index in [4.69, 9.17) is 6.57 Å². The van der Waals surface area contributed by atoms with Gasteiger partial charge in [0.05, 0.1) is 12.1 Å². The summed E-state index contributed by atoms with van der Waals surface area (Å²) >= 11 is 0. The van der Waals surface area contributed by atoms with Gasteiger partial charge in [0.1, 0.15) is 6.04 Å². The number of aryl methyl sites for hydroxylation is 1. The summed E-state index contributed by atoms with van der Waals surface area (Å²) in [5, 5.41) is 6.84. The number of ketones is 1. The largest absolute Gasteiger partial charge is 0.385 e. The molecule has 5 heterocycles. The lowest BCUT2D eigenvalue weighted by atomic mass is 9.70. The summed E-state index contributed by atoms with van der Waals surface area (Å²) < 4.78 is 0. The van der Waals surface area contributed by atoms with E-state index in [1.165, 1.54) is 11.3 Å². The van der Waals surface area contributed by atoms with Crippen LogP contribution in [0.15, 0.2) is 48.5 Å². The fraction of sp³-hybridized carbons (Fsp3) is 0.468. The maximum absolute atomic E-state index is 14.1. The number of nitrogens with zero attached hydrogens (tertiary/aromatic N) is 5. The molecule has 4 aromatic rings. The molecule has 5 aliphatic rings. The lowest BCUT2D eigenvalue weighted by molar-refractivity contribution is -0.136. The molecule has 3 aromatic carbocycles. The molecule has 1 aliphatic carbocycles. The Bertz CT molecular complexity index is 2390. The van der Waals surface area contributed by atoms with Gasteiger partial charge in [0.2, 0.25) is 11.8 Å². The maximum Gasteiger partial charge on any atom is 0.255 e. The number of nitrogens with one attached hydrogen (secondary N) is 3. The van der Waals surface area contributed by atoms with Crippen LogP contribution in [0.4, 0.5) is 17.1 Å². The fourth-order valence-corrected chi connectivity index (χ4v) is 10.4. The second kappa shape index (κ2) is 15.6. The number of imide groups is 1. The van der Waals surface area contributed by atoms with Crippen molar-refractivity contribution in [1.29, 1.82) is 0 Å². The molecule has 1 atom stereocenters. The van der Waals surface area contributed by atoms with E-state index in [0.717, 1.165) is 129 Å². The molecule has 3 saturated heterocycles. The predicted octanol–water partition coefficient (Wildman–Crippen LogP) is 6.39. The minimum atomic E-state index is -0.607. The van der Waals surface area contributed by atoms with Crippen LogP contribution in [0.1, 0.15) is 108 Å². The molecule has 12 nitrogen and oxygen atoms in total. The highest BCUT2D eigenvalue weighted by atomic mass is 16.2. The Hall–Kier alpha value is -5.51. The van der Waals surface area contributed by atoms with Crippen molar-refractivity contribution in [1.82, 2.24) is 25.0 Å². The number of benzene rings is 3. The second-order valence-corrected chi connectivity index (χ2v) is 17.5. The number of anilines is 2. The van der Waals surface area contributed by atoms with Gasteiger partial charge in [-0.1, -0.05) is 39.0 Å². The standard InChI is InChI=1S/C47H54N8O4/c1-5-29-25-34-36(47(2,3)44-42(43(34)57)33-12-11-30(48-4)26-38(33)50-44)27-40(29)54-19-15-31(16-20-54)53-23-21-52(22-24-53)18-7-6-17-49-37-10-8-9-32-35(37)28-55(46(32)59)39-13-14-41(56)51-45(39)58/h8-12,25-27,31,39,49-50H,5-7,13-24,28H2,1-3H3,(H,51,56,58). The first-order valence-corrected chi connectivity index (χ1v) is 21.5. The molecule has 3 N–H and O–H groups in total. The molecule has 3 fully saturated rings. The number of aromatic amines is 1. The van der Waals surface area contributed by atoms with Gasteiger partial charge in [0, 0.05) is 115 Å². The van der Waals surface area contributed by atoms with Crippen LogP contribution >= 0.6 is 0 Å². The molecule has 0 saturated carbocycles. The first-order chi connectivity index (χ1) is 28.5. The van der Waals surface area contributed by atoms with Gasteiger partial charge in [-0.15, -0.1) is 0 Å². The van der Waals surface area contributed by atoms with Gasteiger partial charge in [0.25, 0.3) is 5.91 Å². The van der Waals surface area contributed by atoms with Crippen molar-refractivity contribution in [2.24, 2.45) is 0 Å². The first kappa shape index (κ1) is 39.0. The second-order valence-electron chi connectivity index (χ2n) is 17.5. The molecule has 59 heavy (non-hydrogen) atoms. The van der Waals surface area contributed by atoms with Crippen molar-refractivity contribution in [3.8, 4) is 0 Å². The van der Waals surface area contributed by atoms with E-state index in [2.05, 4.69) is 68.1 Å². The summed E-state index contributed by atoms with van der Waals surface area (Å²) in [7, 11) is 0. The smallest absolute Gasteiger partial charge is 0.255 e. The molecular weight excluding hydrogens is 741 g/mol. The van der Waals surface area contributed by atoms with E-state index in [1.54, 1.807) is 11.0 Å². The minimum absolute atomic E-state index is 0.0716. The number of H-pyrrole nitrogens is 1. The molecule has 3 amide bonds. The summed E-state index contributed by atoms with van der Waals surface area (Å²) in [5.41, 5.74) is 9.59. The Labute approximate surface area is 346 Å². The van der Waals surface area contributed by atoms with Gasteiger partial charge in [-0.2, -0.15) is 0 Å². The van der Waals surface area contributed by atoms with Gasteiger partial charge in [-0.05, 0) is 86.5 Å². The Balaban J connectivity index is 0.752. The van der Waals surface area contributed by atoms with Crippen molar-refractivity contribution in [3.05, 3.63) is 99.0 Å². The Kier molecular flexibility index (Phi) is 10.3. The van der Waals surface area contributed by atoms with Gasteiger partial charge in [-0.3, -0.25) is 29.4 Å². The first-order valence-electron chi connectivity index (χ1n) is 21.5. The molecule has 0 spiro atoms. The molecule has 9 rings (SSSR count). The zero-order valence-corrected chi connectivity index (χ0v) is 34.5. The minimum Gasteiger partial charge on any atom is -0.385 e. The third-order valence-electron chi connectivity index (χ3n) is 13.8. The van der Waals surface area contributed by atoms with E-state index in [1.807, 2.05) is 30.3 Å². The lowest BCUT2D eigenvalue weighted by Crippen LogP contribution is -2.53. The number of carbonyl (C=O) groups is 4. The number of amides is 3. The van der Waals surface area contributed by atoms with Crippen LogP contribution in [0, 0.1) is 6.57 Å². The number of piperidine rings is 2. The van der Waals surface area contributed by atoms with E-state index in [0.29, 0.717) is 30.3 Å². The molecule has 0 bridgehead atoms. The quantitative estimate of drug-likeness (QED) is 0.0959. The lowest BCUT2D eigenvalue weighted by Gasteiger charge is -2.44. The number of unbranched alkanes of at least 4 members (excludes halogenated alkanes) is 1. The number of piperazine rings is 1. The summed E-state index contributed by atoms with van der Waals surface area (Å²) in [5.74, 6) is -0.734. The zero-order chi connectivity index (χ0) is 41.0. The van der Waals surface area contributed by atoms with Crippen LogP contribution in [0.25, 0.3) is 15.7 Å². The fourth-order valence-electron chi connectivity index (χ4n) is 10.4. The van der Waals surface area contributed by atoms with Crippen LogP contribution in [-0.2, 0) is 28.0 Å². The predicted molar refractivity (Wildman–Crippen MR) is 229 cm³/mol. The Morgan fingerprint density at radius 2 is 1.71 bits per heavy atom. The topological polar surface area (TPSA) is 125 Å². The van der Waals surface area contributed by atoms with Gasteiger partial charge < -0.3 is 25.0 Å². The van der Waals surface area contributed by atoms with Gasteiger partial charge in [-0.25, -0.2) is 4.85 Å². The summed E-state index contributed by atoms with van der Waals surface area (Å²) in [6.45, 7) is 22.7. The van der Waals surface area contributed by atoms with E-state index in [9.17, 15) is 19.2 Å². The number of hydrogen-bond acceptors (Lipinski definition) is 8. The van der Waals surface area contributed by atoms with Crippen LogP contribution in [0.2, 0.25) is 0 Å². The summed E-state index contributed by atoms with van der Waals surface area (Å²) in [6, 6.07) is 15.8. The monoisotopic (exact) mass is 794 g/mol. The van der Waals surface area contributed by atoms with Gasteiger partial charge >= 0.3 is 0 Å². The summed E-state index contributed by atoms with van der Waals surface area (Å²) in [6.07, 6.45) is 5.85. The summed E-state index contributed by atoms with van der Waals surface area (Å²) in [4.78, 5) is 68.1. The van der Waals surface area contributed by atoms with Crippen molar-refractivity contribution >= 4 is 51.5 Å². The van der Waals surface area contributed by atoms with E-state index < -0.39 is 11.5 Å². The molecule has 306 valence electrons. The van der Waals surface area contributed by atoms with Crippen LogP contribution in [0.3, 0.4) is 0 Å². The molecule has 1 aromatic heterocycles. The number of rotatable bonds is 10. The number of hydrogen-bond donors (Lipinski definition) is 3. The van der Waals surface area contributed by atoms with Crippen LogP contribution in [-0.4, -0.2) is 108 Å². The Morgan fingerprint density at radius 1 is 0.915 bits per heavy atom. The molecule has 0 radical (unpaired) electrons. The average Bonchev–Trinajstić information content (AvgIpc) is 3.81. The zero-order valence-electron chi connectivity index (χ0n) is 34.5. The highest BCUT2D eigenvalue weighted by Crippen LogP contribution is 2.46. The third kappa shape index (κ3) is 6.98. The molecule has 12 heteroatoms. The highest BCUT2D eigenvalue weighted by Gasteiger charge is 2.42. The molecule has 4 aliphatic heterocycles. The van der Waals surface area contributed by atoms with Crippen molar-refractivity contribution < 1.29 is 19.2 Å². The number of carbonyl (C=O) groups excluding carboxylic acids is 4. The normalized spacial score (nSPS) is 21.0. The van der Waals surface area contributed by atoms with E-state index >= 15 is 0 Å². The Morgan fingerprint density at radius 3 is 2.46 bits per heavy atom.